The van der Waals surface area contributed by atoms with Crippen molar-refractivity contribution in [3.05, 3.63) is 29.3 Å². The van der Waals surface area contributed by atoms with Crippen LogP contribution in [-0.4, -0.2) is 61.5 Å². The fourth-order valence-corrected chi connectivity index (χ4v) is 4.76. The molecule has 1 aromatic carbocycles. The number of aromatic nitrogens is 5. The van der Waals surface area contributed by atoms with Gasteiger partial charge >= 0.3 is 0 Å². The minimum atomic E-state index is 0.0194. The molecule has 2 aromatic heterocycles. The van der Waals surface area contributed by atoms with Gasteiger partial charge in [0.25, 0.3) is 0 Å². The summed E-state index contributed by atoms with van der Waals surface area (Å²) >= 11 is 2.97. The van der Waals surface area contributed by atoms with Crippen molar-refractivity contribution in [1.82, 2.24) is 30.1 Å². The van der Waals surface area contributed by atoms with Crippen LogP contribution in [0.25, 0.3) is 10.2 Å². The number of amides is 1. The number of tetrazole rings is 1. The first-order chi connectivity index (χ1) is 13.2. The van der Waals surface area contributed by atoms with E-state index in [0.717, 1.165) is 34.7 Å². The summed E-state index contributed by atoms with van der Waals surface area (Å²) in [5.74, 6) is 0.304. The van der Waals surface area contributed by atoms with Crippen molar-refractivity contribution >= 4 is 39.2 Å². The molecule has 1 aliphatic heterocycles. The highest BCUT2D eigenvalue weighted by Gasteiger charge is 2.20. The van der Waals surface area contributed by atoms with Crippen LogP contribution in [0.2, 0.25) is 0 Å². The second-order valence-electron chi connectivity index (χ2n) is 6.39. The third-order valence-electron chi connectivity index (χ3n) is 4.36. The quantitative estimate of drug-likeness (QED) is 0.558. The van der Waals surface area contributed by atoms with Gasteiger partial charge < -0.3 is 9.64 Å². The summed E-state index contributed by atoms with van der Waals surface area (Å²) < 4.78 is 8.49. The monoisotopic (exact) mass is 404 g/mol. The number of nitrogens with zero attached hydrogens (tertiary/aromatic N) is 6. The Morgan fingerprint density at radius 1 is 1.44 bits per heavy atom. The predicted molar refractivity (Wildman–Crippen MR) is 104 cm³/mol. The molecule has 1 aliphatic rings. The second-order valence-corrected chi connectivity index (χ2v) is 8.45. The van der Waals surface area contributed by atoms with E-state index in [1.807, 2.05) is 24.3 Å². The summed E-state index contributed by atoms with van der Waals surface area (Å²) in [4.78, 5) is 18.8. The van der Waals surface area contributed by atoms with Gasteiger partial charge in [0.1, 0.15) is 5.01 Å². The third-order valence-corrected chi connectivity index (χ3v) is 6.32. The van der Waals surface area contributed by atoms with E-state index in [1.165, 1.54) is 11.8 Å². The van der Waals surface area contributed by atoms with Crippen molar-refractivity contribution in [3.8, 4) is 0 Å². The number of thioether (sulfide) groups is 1. The Hall–Kier alpha value is -2.04. The highest BCUT2D eigenvalue weighted by Crippen LogP contribution is 2.23. The number of hydrogen-bond acceptors (Lipinski definition) is 8. The Kier molecular flexibility index (Phi) is 5.65. The lowest BCUT2D eigenvalue weighted by atomic mass is 10.2. The van der Waals surface area contributed by atoms with Crippen molar-refractivity contribution in [2.45, 2.75) is 37.2 Å². The average molecular weight is 405 g/mol. The van der Waals surface area contributed by atoms with Crippen molar-refractivity contribution in [2.24, 2.45) is 0 Å². The predicted octanol–water partition coefficient (Wildman–Crippen LogP) is 2.21. The highest BCUT2D eigenvalue weighted by atomic mass is 32.2. The lowest BCUT2D eigenvalue weighted by molar-refractivity contribution is -0.127. The van der Waals surface area contributed by atoms with Crippen LogP contribution in [0.15, 0.2) is 29.4 Å². The normalized spacial score (nSPS) is 16.9. The average Bonchev–Trinajstić information content (AvgIpc) is 3.40. The standard InChI is InChI=1S/C17H20N6O2S2/c1-22(10-15-18-13-6-2-3-7-14(13)27-15)16(24)11-26-17-19-20-21-23(17)9-12-5-4-8-25-12/h2-3,6-7,12H,4-5,8-11H2,1H3/t12-/m1/s1. The van der Waals surface area contributed by atoms with E-state index in [2.05, 4.69) is 20.5 Å². The second kappa shape index (κ2) is 8.32. The van der Waals surface area contributed by atoms with Crippen LogP contribution in [0.3, 0.4) is 0 Å². The Morgan fingerprint density at radius 2 is 2.33 bits per heavy atom. The number of rotatable bonds is 7. The van der Waals surface area contributed by atoms with E-state index < -0.39 is 0 Å². The molecule has 27 heavy (non-hydrogen) atoms. The summed E-state index contributed by atoms with van der Waals surface area (Å²) in [6.45, 7) is 1.93. The van der Waals surface area contributed by atoms with Gasteiger partial charge in [0.2, 0.25) is 11.1 Å². The van der Waals surface area contributed by atoms with Crippen LogP contribution in [-0.2, 0) is 22.6 Å². The minimum absolute atomic E-state index is 0.0194. The van der Waals surface area contributed by atoms with Gasteiger partial charge in [-0.05, 0) is 35.4 Å². The van der Waals surface area contributed by atoms with Gasteiger partial charge in [0.05, 0.1) is 35.2 Å². The molecule has 142 valence electrons. The summed E-state index contributed by atoms with van der Waals surface area (Å²) in [6, 6.07) is 8.00. The van der Waals surface area contributed by atoms with Gasteiger partial charge in [-0.2, -0.15) is 0 Å². The molecule has 8 nitrogen and oxygen atoms in total. The van der Waals surface area contributed by atoms with Crippen molar-refractivity contribution in [2.75, 3.05) is 19.4 Å². The molecule has 0 unspecified atom stereocenters. The van der Waals surface area contributed by atoms with Gasteiger partial charge in [-0.1, -0.05) is 23.9 Å². The van der Waals surface area contributed by atoms with Gasteiger partial charge in [0.15, 0.2) is 0 Å². The van der Waals surface area contributed by atoms with Crippen LogP contribution >= 0.6 is 23.1 Å². The van der Waals surface area contributed by atoms with E-state index in [1.54, 1.807) is 28.0 Å². The van der Waals surface area contributed by atoms with Gasteiger partial charge in [-0.15, -0.1) is 16.4 Å². The molecule has 3 heterocycles. The number of thiazole rings is 1. The van der Waals surface area contributed by atoms with Gasteiger partial charge in [-0.3, -0.25) is 4.79 Å². The van der Waals surface area contributed by atoms with Crippen LogP contribution in [0.4, 0.5) is 0 Å². The van der Waals surface area contributed by atoms with E-state index >= 15 is 0 Å². The van der Waals surface area contributed by atoms with E-state index in [9.17, 15) is 4.79 Å². The number of para-hydroxylation sites is 1. The molecule has 1 amide bonds. The zero-order valence-corrected chi connectivity index (χ0v) is 16.6. The molecule has 10 heteroatoms. The Bertz CT molecular complexity index is 888. The molecular weight excluding hydrogens is 384 g/mol. The summed E-state index contributed by atoms with van der Waals surface area (Å²) in [7, 11) is 1.80. The Morgan fingerprint density at radius 3 is 3.15 bits per heavy atom. The fraction of sp³-hybridized carbons (Fsp3) is 0.471. The van der Waals surface area contributed by atoms with Crippen molar-refractivity contribution in [1.29, 1.82) is 0 Å². The molecule has 0 saturated carbocycles. The number of carbonyl (C=O) groups is 1. The molecule has 0 aliphatic carbocycles. The fourth-order valence-electron chi connectivity index (χ4n) is 2.91. The summed E-state index contributed by atoms with van der Waals surface area (Å²) in [6.07, 6.45) is 2.25. The first kappa shape index (κ1) is 18.3. The van der Waals surface area contributed by atoms with Crippen molar-refractivity contribution in [3.63, 3.8) is 0 Å². The number of fused-ring (bicyclic) bond motifs is 1. The molecule has 0 bridgehead atoms. The van der Waals surface area contributed by atoms with E-state index in [0.29, 0.717) is 18.2 Å². The molecule has 0 N–H and O–H groups in total. The zero-order chi connectivity index (χ0) is 18.6. The van der Waals surface area contributed by atoms with Gasteiger partial charge in [0, 0.05) is 13.7 Å². The molecule has 1 fully saturated rings. The van der Waals surface area contributed by atoms with E-state index in [4.69, 9.17) is 4.74 Å². The largest absolute Gasteiger partial charge is 0.376 e. The molecule has 4 rings (SSSR count). The smallest absolute Gasteiger partial charge is 0.233 e. The van der Waals surface area contributed by atoms with Gasteiger partial charge in [-0.25, -0.2) is 9.67 Å². The number of ether oxygens (including phenoxy) is 1. The molecular formula is C17H20N6O2S2. The summed E-state index contributed by atoms with van der Waals surface area (Å²) in [5.41, 5.74) is 0.973. The number of benzene rings is 1. The molecule has 0 spiro atoms. The first-order valence-corrected chi connectivity index (χ1v) is 10.6. The lowest BCUT2D eigenvalue weighted by Gasteiger charge is -2.15. The first-order valence-electron chi connectivity index (χ1n) is 8.78. The Labute approximate surface area is 164 Å². The zero-order valence-electron chi connectivity index (χ0n) is 14.9. The van der Waals surface area contributed by atoms with Crippen LogP contribution < -0.4 is 0 Å². The van der Waals surface area contributed by atoms with E-state index in [-0.39, 0.29) is 17.8 Å². The van der Waals surface area contributed by atoms with Crippen molar-refractivity contribution < 1.29 is 9.53 Å². The highest BCUT2D eigenvalue weighted by molar-refractivity contribution is 7.99. The molecule has 1 atom stereocenters. The summed E-state index contributed by atoms with van der Waals surface area (Å²) in [5, 5.41) is 13.4. The maximum absolute atomic E-state index is 12.5. The van der Waals surface area contributed by atoms with Crippen LogP contribution in [0.5, 0.6) is 0 Å². The number of carbonyl (C=O) groups excluding carboxylic acids is 1. The maximum Gasteiger partial charge on any atom is 0.233 e. The minimum Gasteiger partial charge on any atom is -0.376 e. The topological polar surface area (TPSA) is 86.0 Å². The SMILES string of the molecule is CN(Cc1nc2ccccc2s1)C(=O)CSc1nnnn1C[C@H]1CCCO1. The lowest BCUT2D eigenvalue weighted by Crippen LogP contribution is -2.28. The van der Waals surface area contributed by atoms with Crippen LogP contribution in [0.1, 0.15) is 17.8 Å². The maximum atomic E-state index is 12.5. The van der Waals surface area contributed by atoms with Crippen LogP contribution in [0, 0.1) is 0 Å². The Balaban J connectivity index is 1.31. The molecule has 1 saturated heterocycles. The molecule has 3 aromatic rings. The molecule has 0 radical (unpaired) electrons. The number of hydrogen-bond donors (Lipinski definition) is 0. The third kappa shape index (κ3) is 4.45.